The highest BCUT2D eigenvalue weighted by Gasteiger charge is 2.28. The summed E-state index contributed by atoms with van der Waals surface area (Å²) in [6.07, 6.45) is 2.35. The van der Waals surface area contributed by atoms with Crippen LogP contribution in [0, 0.1) is 18.2 Å². The summed E-state index contributed by atoms with van der Waals surface area (Å²) in [6.45, 7) is 7.22. The molecular formula is C15H24FN3. The molecule has 1 aromatic rings. The molecule has 19 heavy (non-hydrogen) atoms. The van der Waals surface area contributed by atoms with E-state index in [0.29, 0.717) is 16.7 Å². The van der Waals surface area contributed by atoms with Crippen molar-refractivity contribution in [3.05, 3.63) is 23.5 Å². The molecule has 3 nitrogen and oxygen atoms in total. The number of anilines is 2. The number of hydrogen-bond acceptors (Lipinski definition) is 3. The number of nitrogens with two attached hydrogens (primary N) is 1. The lowest BCUT2D eigenvalue weighted by atomic mass is 9.80. The number of likely N-dealkylation sites (tertiary alicyclic amines) is 1. The Labute approximate surface area is 115 Å². The second-order valence-corrected chi connectivity index (χ2v) is 6.16. The fraction of sp³-hybridized carbons (Fsp3) is 0.600. The van der Waals surface area contributed by atoms with Gasteiger partial charge < -0.3 is 16.0 Å². The summed E-state index contributed by atoms with van der Waals surface area (Å²) >= 11 is 0. The van der Waals surface area contributed by atoms with Gasteiger partial charge in [0.05, 0.1) is 11.4 Å². The summed E-state index contributed by atoms with van der Waals surface area (Å²) in [7, 11) is 2.16. The standard InChI is InChI=1S/C15H24FN3/c1-11-8-14(13(17)9-12(11)16)18-10-15(2)4-6-19(3)7-5-15/h8-9,18H,4-7,10,17H2,1-3H3. The van der Waals surface area contributed by atoms with E-state index in [2.05, 4.69) is 24.2 Å². The monoisotopic (exact) mass is 265 g/mol. The zero-order valence-corrected chi connectivity index (χ0v) is 12.1. The quantitative estimate of drug-likeness (QED) is 0.826. The maximum absolute atomic E-state index is 13.4. The van der Waals surface area contributed by atoms with Crippen molar-refractivity contribution >= 4 is 11.4 Å². The van der Waals surface area contributed by atoms with Gasteiger partial charge in [-0.2, -0.15) is 0 Å². The third-order valence-corrected chi connectivity index (χ3v) is 4.23. The molecule has 0 aromatic heterocycles. The Kier molecular flexibility index (Phi) is 3.99. The SMILES string of the molecule is Cc1cc(NCC2(C)CCN(C)CC2)c(N)cc1F. The molecule has 4 heteroatoms. The van der Waals surface area contributed by atoms with Gasteiger partial charge in [-0.25, -0.2) is 4.39 Å². The zero-order valence-electron chi connectivity index (χ0n) is 12.1. The minimum Gasteiger partial charge on any atom is -0.397 e. The summed E-state index contributed by atoms with van der Waals surface area (Å²) in [5.41, 5.74) is 8.12. The van der Waals surface area contributed by atoms with Crippen molar-refractivity contribution in [1.29, 1.82) is 0 Å². The van der Waals surface area contributed by atoms with Crippen molar-refractivity contribution in [3.63, 3.8) is 0 Å². The van der Waals surface area contributed by atoms with Crippen LogP contribution in [0.3, 0.4) is 0 Å². The van der Waals surface area contributed by atoms with Gasteiger partial charge in [-0.15, -0.1) is 0 Å². The van der Waals surface area contributed by atoms with Gasteiger partial charge in [-0.05, 0) is 63.0 Å². The van der Waals surface area contributed by atoms with E-state index < -0.39 is 0 Å². The molecule has 1 fully saturated rings. The van der Waals surface area contributed by atoms with Gasteiger partial charge in [0.2, 0.25) is 0 Å². The van der Waals surface area contributed by atoms with Gasteiger partial charge in [0.1, 0.15) is 5.82 Å². The highest BCUT2D eigenvalue weighted by molar-refractivity contribution is 5.67. The molecule has 2 rings (SSSR count). The summed E-state index contributed by atoms with van der Waals surface area (Å²) in [6, 6.07) is 3.19. The van der Waals surface area contributed by atoms with Crippen LogP contribution in [0.4, 0.5) is 15.8 Å². The van der Waals surface area contributed by atoms with Crippen molar-refractivity contribution < 1.29 is 4.39 Å². The van der Waals surface area contributed by atoms with Crippen molar-refractivity contribution in [2.75, 3.05) is 37.7 Å². The zero-order chi connectivity index (χ0) is 14.0. The molecule has 0 amide bonds. The van der Waals surface area contributed by atoms with Gasteiger partial charge in [0, 0.05) is 6.54 Å². The molecule has 106 valence electrons. The van der Waals surface area contributed by atoms with Gasteiger partial charge in [-0.3, -0.25) is 0 Å². The average Bonchev–Trinajstić information content (AvgIpc) is 2.36. The maximum atomic E-state index is 13.4. The molecule has 1 aromatic carbocycles. The van der Waals surface area contributed by atoms with E-state index in [1.807, 2.05) is 0 Å². The number of nitrogen functional groups attached to an aromatic ring is 1. The molecule has 1 heterocycles. The summed E-state index contributed by atoms with van der Waals surface area (Å²) < 4.78 is 13.4. The van der Waals surface area contributed by atoms with E-state index in [1.165, 1.54) is 18.9 Å². The summed E-state index contributed by atoms with van der Waals surface area (Å²) in [4.78, 5) is 2.36. The largest absolute Gasteiger partial charge is 0.397 e. The number of halogens is 1. The van der Waals surface area contributed by atoms with Crippen LogP contribution in [0.1, 0.15) is 25.3 Å². The Balaban J connectivity index is 2.01. The molecular weight excluding hydrogens is 241 g/mol. The first kappa shape index (κ1) is 14.1. The van der Waals surface area contributed by atoms with Crippen LogP contribution in [-0.2, 0) is 0 Å². The number of nitrogens with one attached hydrogen (secondary N) is 1. The van der Waals surface area contributed by atoms with Crippen LogP contribution in [-0.4, -0.2) is 31.6 Å². The fourth-order valence-corrected chi connectivity index (χ4v) is 2.49. The van der Waals surface area contributed by atoms with E-state index in [9.17, 15) is 4.39 Å². The van der Waals surface area contributed by atoms with Crippen LogP contribution >= 0.6 is 0 Å². The number of nitrogens with zero attached hydrogens (tertiary/aromatic N) is 1. The van der Waals surface area contributed by atoms with E-state index in [-0.39, 0.29) is 5.82 Å². The third kappa shape index (κ3) is 3.38. The Morgan fingerprint density at radius 3 is 2.63 bits per heavy atom. The van der Waals surface area contributed by atoms with Gasteiger partial charge in [0.25, 0.3) is 0 Å². The van der Waals surface area contributed by atoms with Crippen LogP contribution < -0.4 is 11.1 Å². The third-order valence-electron chi connectivity index (χ3n) is 4.23. The molecule has 0 unspecified atom stereocenters. The first-order chi connectivity index (χ1) is 8.89. The summed E-state index contributed by atoms with van der Waals surface area (Å²) in [5, 5.41) is 3.40. The second-order valence-electron chi connectivity index (χ2n) is 6.16. The Morgan fingerprint density at radius 2 is 2.00 bits per heavy atom. The number of rotatable bonds is 3. The Morgan fingerprint density at radius 1 is 1.37 bits per heavy atom. The first-order valence-electron chi connectivity index (χ1n) is 6.88. The van der Waals surface area contributed by atoms with E-state index in [1.54, 1.807) is 13.0 Å². The van der Waals surface area contributed by atoms with Gasteiger partial charge in [0.15, 0.2) is 0 Å². The van der Waals surface area contributed by atoms with Crippen LogP contribution in [0.15, 0.2) is 12.1 Å². The van der Waals surface area contributed by atoms with Crippen molar-refractivity contribution in [1.82, 2.24) is 4.90 Å². The van der Waals surface area contributed by atoms with Crippen molar-refractivity contribution in [2.45, 2.75) is 26.7 Å². The van der Waals surface area contributed by atoms with Crippen LogP contribution in [0.5, 0.6) is 0 Å². The predicted molar refractivity (Wildman–Crippen MR) is 78.9 cm³/mol. The molecule has 1 aliphatic heterocycles. The molecule has 0 bridgehead atoms. The number of hydrogen-bond donors (Lipinski definition) is 2. The minimum absolute atomic E-state index is 0.242. The molecule has 1 saturated heterocycles. The van der Waals surface area contributed by atoms with Gasteiger partial charge >= 0.3 is 0 Å². The average molecular weight is 265 g/mol. The Bertz CT molecular complexity index is 451. The lowest BCUT2D eigenvalue weighted by Crippen LogP contribution is -2.40. The molecule has 0 spiro atoms. The van der Waals surface area contributed by atoms with Crippen molar-refractivity contribution in [3.8, 4) is 0 Å². The topological polar surface area (TPSA) is 41.3 Å². The van der Waals surface area contributed by atoms with E-state index in [4.69, 9.17) is 5.73 Å². The smallest absolute Gasteiger partial charge is 0.128 e. The van der Waals surface area contributed by atoms with E-state index in [0.717, 1.165) is 25.3 Å². The maximum Gasteiger partial charge on any atom is 0.128 e. The molecule has 0 saturated carbocycles. The fourth-order valence-electron chi connectivity index (χ4n) is 2.49. The molecule has 3 N–H and O–H groups in total. The first-order valence-corrected chi connectivity index (χ1v) is 6.88. The molecule has 0 aliphatic carbocycles. The normalized spacial score (nSPS) is 19.4. The van der Waals surface area contributed by atoms with Crippen LogP contribution in [0.2, 0.25) is 0 Å². The van der Waals surface area contributed by atoms with Gasteiger partial charge in [-0.1, -0.05) is 6.92 Å². The van der Waals surface area contributed by atoms with E-state index >= 15 is 0 Å². The number of piperidine rings is 1. The van der Waals surface area contributed by atoms with Crippen molar-refractivity contribution in [2.24, 2.45) is 5.41 Å². The molecule has 0 atom stereocenters. The lowest BCUT2D eigenvalue weighted by molar-refractivity contribution is 0.150. The highest BCUT2D eigenvalue weighted by Crippen LogP contribution is 2.32. The molecule has 1 aliphatic rings. The molecule has 0 radical (unpaired) electrons. The summed E-state index contributed by atoms with van der Waals surface area (Å²) in [5.74, 6) is -0.242. The van der Waals surface area contributed by atoms with Crippen LogP contribution in [0.25, 0.3) is 0 Å². The Hall–Kier alpha value is -1.29. The number of benzene rings is 1. The lowest BCUT2D eigenvalue weighted by Gasteiger charge is -2.38. The minimum atomic E-state index is -0.242. The second kappa shape index (κ2) is 5.37. The predicted octanol–water partition coefficient (Wildman–Crippen LogP) is 2.86. The number of aryl methyl sites for hydroxylation is 1. The highest BCUT2D eigenvalue weighted by atomic mass is 19.1.